The number of hydrogen-bond donors (Lipinski definition) is 2. The summed E-state index contributed by atoms with van der Waals surface area (Å²) in [5.41, 5.74) is 5.99. The topological polar surface area (TPSA) is 59.0 Å². The molecule has 0 aliphatic carbocycles. The van der Waals surface area contributed by atoms with Gasteiger partial charge in [-0.3, -0.25) is 20.3 Å². The van der Waals surface area contributed by atoms with Gasteiger partial charge in [0.25, 0.3) is 0 Å². The van der Waals surface area contributed by atoms with Gasteiger partial charge in [0.05, 0.1) is 22.9 Å². The number of aromatic nitrogens is 2. The summed E-state index contributed by atoms with van der Waals surface area (Å²) in [4.78, 5) is 12.3. The number of carbonyl (C=O) groups is 1. The molecule has 0 fully saturated rings. The van der Waals surface area contributed by atoms with E-state index in [1.165, 1.54) is 18.2 Å². The van der Waals surface area contributed by atoms with Gasteiger partial charge in [-0.2, -0.15) is 18.3 Å². The van der Waals surface area contributed by atoms with Crippen LogP contribution in [0.15, 0.2) is 24.3 Å². The summed E-state index contributed by atoms with van der Waals surface area (Å²) in [6.45, 7) is 5.31. The predicted octanol–water partition coefficient (Wildman–Crippen LogP) is 3.30. The van der Waals surface area contributed by atoms with E-state index in [2.05, 4.69) is 16.0 Å². The largest absolute Gasteiger partial charge is 0.418 e. The van der Waals surface area contributed by atoms with Gasteiger partial charge < -0.3 is 0 Å². The van der Waals surface area contributed by atoms with Crippen molar-refractivity contribution in [3.8, 4) is 0 Å². The Hall–Kier alpha value is -2.51. The number of amides is 1. The molecule has 5 nitrogen and oxygen atoms in total. The Morgan fingerprint density at radius 3 is 2.42 bits per heavy atom. The highest BCUT2D eigenvalue weighted by Crippen LogP contribution is 2.34. The van der Waals surface area contributed by atoms with Crippen molar-refractivity contribution in [3.63, 3.8) is 0 Å². The molecule has 1 heterocycles. The van der Waals surface area contributed by atoms with E-state index in [0.717, 1.165) is 17.3 Å². The minimum atomic E-state index is -4.50. The van der Waals surface area contributed by atoms with Gasteiger partial charge in [-0.1, -0.05) is 12.1 Å². The van der Waals surface area contributed by atoms with Crippen LogP contribution in [-0.2, 0) is 18.0 Å². The van der Waals surface area contributed by atoms with Crippen molar-refractivity contribution in [2.24, 2.45) is 7.05 Å². The number of hydrazine groups is 1. The number of para-hydroxylation sites is 1. The molecule has 0 aliphatic rings. The Labute approximate surface area is 137 Å². The maximum Gasteiger partial charge on any atom is 0.418 e. The minimum Gasteiger partial charge on any atom is -0.298 e. The molecule has 2 rings (SSSR count). The molecule has 0 unspecified atom stereocenters. The molecule has 0 saturated heterocycles. The monoisotopic (exact) mass is 340 g/mol. The number of carbonyl (C=O) groups excluding carboxylic acids is 1. The van der Waals surface area contributed by atoms with E-state index in [4.69, 9.17) is 0 Å². The first-order valence-corrected chi connectivity index (χ1v) is 7.35. The van der Waals surface area contributed by atoms with Crippen LogP contribution in [0.3, 0.4) is 0 Å². The summed E-state index contributed by atoms with van der Waals surface area (Å²) in [6, 6.07) is 4.96. The molecule has 1 aromatic heterocycles. The first-order chi connectivity index (χ1) is 11.1. The Morgan fingerprint density at radius 1 is 1.25 bits per heavy atom. The van der Waals surface area contributed by atoms with Crippen molar-refractivity contribution in [1.82, 2.24) is 15.2 Å². The summed E-state index contributed by atoms with van der Waals surface area (Å²) in [5, 5.41) is 4.25. The van der Waals surface area contributed by atoms with E-state index < -0.39 is 23.6 Å². The lowest BCUT2D eigenvalue weighted by molar-refractivity contribution is -0.137. The second-order valence-corrected chi connectivity index (χ2v) is 5.59. The molecule has 0 spiro atoms. The maximum absolute atomic E-state index is 12.9. The first-order valence-electron chi connectivity index (χ1n) is 7.35. The van der Waals surface area contributed by atoms with Crippen LogP contribution in [0.2, 0.25) is 0 Å². The second kappa shape index (κ2) is 6.54. The fourth-order valence-corrected chi connectivity index (χ4v) is 2.62. The number of halogens is 3. The van der Waals surface area contributed by atoms with Gasteiger partial charge in [0, 0.05) is 18.3 Å². The van der Waals surface area contributed by atoms with Gasteiger partial charge in [-0.15, -0.1) is 0 Å². The smallest absolute Gasteiger partial charge is 0.298 e. The van der Waals surface area contributed by atoms with E-state index in [9.17, 15) is 18.0 Å². The van der Waals surface area contributed by atoms with Crippen LogP contribution in [0.4, 0.5) is 18.9 Å². The Bertz CT molecular complexity index is 752. The number of hydrogen-bond acceptors (Lipinski definition) is 3. The van der Waals surface area contributed by atoms with Crippen molar-refractivity contribution in [2.45, 2.75) is 32.9 Å². The number of aryl methyl sites for hydroxylation is 2. The molecule has 1 amide bonds. The fraction of sp³-hybridized carbons (Fsp3) is 0.375. The zero-order valence-corrected chi connectivity index (χ0v) is 13.8. The van der Waals surface area contributed by atoms with Crippen LogP contribution in [-0.4, -0.2) is 15.7 Å². The number of rotatable bonds is 4. The van der Waals surface area contributed by atoms with Crippen LogP contribution in [0.1, 0.15) is 35.4 Å². The van der Waals surface area contributed by atoms with Crippen LogP contribution < -0.4 is 10.9 Å². The van der Waals surface area contributed by atoms with Gasteiger partial charge in [-0.25, -0.2) is 0 Å². The average Bonchev–Trinajstić information content (AvgIpc) is 2.76. The summed E-state index contributed by atoms with van der Waals surface area (Å²) >= 11 is 0. The van der Waals surface area contributed by atoms with Crippen LogP contribution >= 0.6 is 0 Å². The van der Waals surface area contributed by atoms with Crippen LogP contribution in [0.25, 0.3) is 0 Å². The summed E-state index contributed by atoms with van der Waals surface area (Å²) in [7, 11) is 1.77. The van der Waals surface area contributed by atoms with E-state index in [1.807, 2.05) is 6.92 Å². The molecule has 24 heavy (non-hydrogen) atoms. The van der Waals surface area contributed by atoms with Gasteiger partial charge in [0.1, 0.15) is 0 Å². The molecule has 1 atom stereocenters. The third-order valence-corrected chi connectivity index (χ3v) is 3.94. The highest BCUT2D eigenvalue weighted by Gasteiger charge is 2.33. The number of alkyl halides is 3. The van der Waals surface area contributed by atoms with Crippen molar-refractivity contribution >= 4 is 11.6 Å². The lowest BCUT2D eigenvalue weighted by Gasteiger charge is -2.17. The average molecular weight is 340 g/mol. The van der Waals surface area contributed by atoms with E-state index in [0.29, 0.717) is 5.69 Å². The van der Waals surface area contributed by atoms with Crippen LogP contribution in [0, 0.1) is 13.8 Å². The van der Waals surface area contributed by atoms with E-state index in [1.54, 1.807) is 25.6 Å². The quantitative estimate of drug-likeness (QED) is 0.840. The normalized spacial score (nSPS) is 12.8. The molecule has 0 radical (unpaired) electrons. The molecule has 2 aromatic rings. The number of nitrogens with zero attached hydrogens (tertiary/aromatic N) is 2. The standard InChI is InChI=1S/C16H19F3N4O/c1-9(14-10(2)22-23(4)11(14)3)15(24)21-20-13-8-6-5-7-12(13)16(17,18)19/h5-9,20H,1-4H3,(H,21,24)/t9-/m0/s1. The molecule has 130 valence electrons. The zero-order chi connectivity index (χ0) is 18.1. The van der Waals surface area contributed by atoms with Crippen molar-refractivity contribution < 1.29 is 18.0 Å². The third-order valence-electron chi connectivity index (χ3n) is 3.94. The Morgan fingerprint density at radius 2 is 1.88 bits per heavy atom. The molecule has 1 aromatic carbocycles. The SMILES string of the molecule is Cc1nn(C)c(C)c1[C@H](C)C(=O)NNc1ccccc1C(F)(F)F. The summed E-state index contributed by atoms with van der Waals surface area (Å²) in [5.74, 6) is -0.990. The summed E-state index contributed by atoms with van der Waals surface area (Å²) < 4.78 is 40.5. The van der Waals surface area contributed by atoms with Gasteiger partial charge >= 0.3 is 6.18 Å². The molecule has 0 aliphatic heterocycles. The third kappa shape index (κ3) is 3.52. The predicted molar refractivity (Wildman–Crippen MR) is 84.3 cm³/mol. The lowest BCUT2D eigenvalue weighted by atomic mass is 9.98. The summed E-state index contributed by atoms with van der Waals surface area (Å²) in [6.07, 6.45) is -4.50. The fourth-order valence-electron chi connectivity index (χ4n) is 2.62. The number of anilines is 1. The molecule has 0 saturated carbocycles. The zero-order valence-electron chi connectivity index (χ0n) is 13.8. The first kappa shape index (κ1) is 17.8. The van der Waals surface area contributed by atoms with E-state index >= 15 is 0 Å². The Kier molecular flexibility index (Phi) is 4.86. The molecule has 2 N–H and O–H groups in total. The molecule has 0 bridgehead atoms. The minimum absolute atomic E-state index is 0.204. The molecule has 8 heteroatoms. The van der Waals surface area contributed by atoms with Gasteiger partial charge in [0.15, 0.2) is 0 Å². The van der Waals surface area contributed by atoms with E-state index in [-0.39, 0.29) is 5.69 Å². The van der Waals surface area contributed by atoms with Crippen molar-refractivity contribution in [1.29, 1.82) is 0 Å². The Balaban J connectivity index is 2.14. The highest BCUT2D eigenvalue weighted by atomic mass is 19.4. The van der Waals surface area contributed by atoms with Crippen molar-refractivity contribution in [3.05, 3.63) is 46.8 Å². The van der Waals surface area contributed by atoms with Crippen molar-refractivity contribution in [2.75, 3.05) is 5.43 Å². The number of benzene rings is 1. The number of nitrogens with one attached hydrogen (secondary N) is 2. The van der Waals surface area contributed by atoms with Gasteiger partial charge in [0.2, 0.25) is 5.91 Å². The van der Waals surface area contributed by atoms with Crippen LogP contribution in [0.5, 0.6) is 0 Å². The molecular weight excluding hydrogens is 321 g/mol. The maximum atomic E-state index is 12.9. The second-order valence-electron chi connectivity index (χ2n) is 5.59. The lowest BCUT2D eigenvalue weighted by Crippen LogP contribution is -2.34. The highest BCUT2D eigenvalue weighted by molar-refractivity contribution is 5.85. The van der Waals surface area contributed by atoms with Gasteiger partial charge in [-0.05, 0) is 32.9 Å². The molecular formula is C16H19F3N4O.